The van der Waals surface area contributed by atoms with E-state index in [9.17, 15) is 8.42 Å². The molecule has 136 valence electrons. The molecule has 1 aliphatic carbocycles. The van der Waals surface area contributed by atoms with E-state index in [0.29, 0.717) is 16.4 Å². The van der Waals surface area contributed by atoms with Crippen LogP contribution in [0.2, 0.25) is 0 Å². The molecule has 3 aliphatic rings. The Labute approximate surface area is 149 Å². The molecule has 5 nitrogen and oxygen atoms in total. The third kappa shape index (κ3) is 2.75. The maximum absolute atomic E-state index is 13.3. The van der Waals surface area contributed by atoms with Gasteiger partial charge in [-0.3, -0.25) is 0 Å². The van der Waals surface area contributed by atoms with Crippen LogP contribution in [0.25, 0.3) is 0 Å². The highest BCUT2D eigenvalue weighted by Crippen LogP contribution is 2.45. The Bertz CT molecular complexity index is 793. The first-order valence-electron chi connectivity index (χ1n) is 9.00. The lowest BCUT2D eigenvalue weighted by Gasteiger charge is -2.37. The Kier molecular flexibility index (Phi) is 4.28. The third-order valence-corrected chi connectivity index (χ3v) is 7.91. The highest BCUT2D eigenvalue weighted by atomic mass is 32.2. The van der Waals surface area contributed by atoms with Gasteiger partial charge in [0.2, 0.25) is 10.0 Å². The fraction of sp³-hybridized carbons (Fsp3) is 0.579. The first-order chi connectivity index (χ1) is 12.0. The van der Waals surface area contributed by atoms with Gasteiger partial charge in [-0.05, 0) is 57.1 Å². The van der Waals surface area contributed by atoms with Gasteiger partial charge >= 0.3 is 0 Å². The first kappa shape index (κ1) is 16.9. The Balaban J connectivity index is 1.65. The number of sulfonamides is 1. The molecular formula is C19H25NO4S. The van der Waals surface area contributed by atoms with Crippen LogP contribution in [0.1, 0.15) is 44.9 Å². The zero-order chi connectivity index (χ0) is 17.6. The molecule has 3 fully saturated rings. The molecule has 1 aromatic rings. The molecule has 2 atom stereocenters. The number of rotatable bonds is 4. The van der Waals surface area contributed by atoms with Crippen LogP contribution in [-0.4, -0.2) is 39.0 Å². The summed E-state index contributed by atoms with van der Waals surface area (Å²) < 4.78 is 38.9. The molecule has 2 heterocycles. The van der Waals surface area contributed by atoms with Crippen molar-refractivity contribution >= 4 is 10.0 Å². The largest absolute Gasteiger partial charge is 0.493 e. The maximum Gasteiger partial charge on any atom is 0.243 e. The number of ether oxygens (including phenoxy) is 2. The van der Waals surface area contributed by atoms with Crippen LogP contribution in [0.15, 0.2) is 34.2 Å². The number of benzene rings is 1. The van der Waals surface area contributed by atoms with Crippen LogP contribution < -0.4 is 9.47 Å². The average molecular weight is 363 g/mol. The topological polar surface area (TPSA) is 55.8 Å². The molecule has 4 rings (SSSR count). The van der Waals surface area contributed by atoms with Gasteiger partial charge in [-0.2, -0.15) is 4.31 Å². The van der Waals surface area contributed by atoms with Crippen molar-refractivity contribution in [1.29, 1.82) is 0 Å². The predicted molar refractivity (Wildman–Crippen MR) is 95.5 cm³/mol. The molecule has 0 N–H and O–H groups in total. The minimum atomic E-state index is -3.52. The standard InChI is InChI=1S/C19H25NO4S/c1-23-18-9-8-17(12-19(18)24-2)25(21,22)20-15-6-7-16(20)11-14(10-15)13-4-3-5-13/h8-9,12,15-16H,3-7,10-11H2,1-2H3. The zero-order valence-electron chi connectivity index (χ0n) is 14.8. The highest BCUT2D eigenvalue weighted by Gasteiger charge is 2.46. The number of nitrogens with zero attached hydrogens (tertiary/aromatic N) is 1. The average Bonchev–Trinajstić information content (AvgIpc) is 2.85. The van der Waals surface area contributed by atoms with Gasteiger partial charge in [-0.25, -0.2) is 8.42 Å². The minimum absolute atomic E-state index is 0.111. The SMILES string of the molecule is COc1ccc(S(=O)(=O)N2C3CCC2CC(=C2CCC2)C3)cc1OC. The minimum Gasteiger partial charge on any atom is -0.493 e. The molecular weight excluding hydrogens is 338 g/mol. The Morgan fingerprint density at radius 1 is 0.960 bits per heavy atom. The van der Waals surface area contributed by atoms with E-state index in [1.807, 2.05) is 0 Å². The summed E-state index contributed by atoms with van der Waals surface area (Å²) in [5.41, 5.74) is 3.14. The molecule has 0 aromatic heterocycles. The second-order valence-corrected chi connectivity index (χ2v) is 9.05. The number of methoxy groups -OCH3 is 2. The molecule has 25 heavy (non-hydrogen) atoms. The van der Waals surface area contributed by atoms with Crippen molar-refractivity contribution in [3.05, 3.63) is 29.3 Å². The van der Waals surface area contributed by atoms with Gasteiger partial charge in [0.25, 0.3) is 0 Å². The van der Waals surface area contributed by atoms with E-state index in [1.54, 1.807) is 35.2 Å². The third-order valence-electron chi connectivity index (χ3n) is 5.90. The summed E-state index contributed by atoms with van der Waals surface area (Å²) in [5.74, 6) is 0.991. The Morgan fingerprint density at radius 2 is 1.60 bits per heavy atom. The number of allylic oxidation sites excluding steroid dienone is 1. The summed E-state index contributed by atoms with van der Waals surface area (Å²) in [6, 6.07) is 5.09. The molecule has 2 saturated heterocycles. The lowest BCUT2D eigenvalue weighted by Crippen LogP contribution is -2.44. The molecule has 2 unspecified atom stereocenters. The van der Waals surface area contributed by atoms with Gasteiger partial charge in [0.1, 0.15) is 0 Å². The van der Waals surface area contributed by atoms with Crippen LogP contribution in [0.4, 0.5) is 0 Å². The summed E-state index contributed by atoms with van der Waals surface area (Å²) in [4.78, 5) is 0.293. The Morgan fingerprint density at radius 3 is 2.12 bits per heavy atom. The van der Waals surface area contributed by atoms with Crippen molar-refractivity contribution in [2.24, 2.45) is 0 Å². The van der Waals surface area contributed by atoms with Gasteiger partial charge in [0.05, 0.1) is 19.1 Å². The summed E-state index contributed by atoms with van der Waals surface area (Å²) in [6.45, 7) is 0. The predicted octanol–water partition coefficient (Wildman–Crippen LogP) is 3.50. The zero-order valence-corrected chi connectivity index (χ0v) is 15.6. The lowest BCUT2D eigenvalue weighted by atomic mass is 9.83. The lowest BCUT2D eigenvalue weighted by molar-refractivity contribution is 0.281. The second-order valence-electron chi connectivity index (χ2n) is 7.21. The summed E-state index contributed by atoms with van der Waals surface area (Å²) in [6.07, 6.45) is 7.49. The number of fused-ring (bicyclic) bond motifs is 2. The molecule has 0 amide bonds. The van der Waals surface area contributed by atoms with Gasteiger partial charge in [-0.1, -0.05) is 11.1 Å². The summed E-state index contributed by atoms with van der Waals surface area (Å²) >= 11 is 0. The van der Waals surface area contributed by atoms with Crippen molar-refractivity contribution in [3.8, 4) is 11.5 Å². The van der Waals surface area contributed by atoms with Gasteiger partial charge < -0.3 is 9.47 Å². The number of hydrogen-bond donors (Lipinski definition) is 0. The van der Waals surface area contributed by atoms with Crippen LogP contribution >= 0.6 is 0 Å². The monoisotopic (exact) mass is 363 g/mol. The first-order valence-corrected chi connectivity index (χ1v) is 10.4. The van der Waals surface area contributed by atoms with E-state index >= 15 is 0 Å². The molecule has 6 heteroatoms. The van der Waals surface area contributed by atoms with E-state index in [4.69, 9.17) is 9.47 Å². The molecule has 0 radical (unpaired) electrons. The van der Waals surface area contributed by atoms with Gasteiger partial charge in [0.15, 0.2) is 11.5 Å². The van der Waals surface area contributed by atoms with E-state index in [2.05, 4.69) is 0 Å². The van der Waals surface area contributed by atoms with Crippen LogP contribution in [-0.2, 0) is 10.0 Å². The fourth-order valence-corrected chi connectivity index (χ4v) is 6.34. The van der Waals surface area contributed by atoms with Crippen LogP contribution in [0, 0.1) is 0 Å². The summed E-state index contributed by atoms with van der Waals surface area (Å²) in [5, 5.41) is 0. The molecule has 0 spiro atoms. The van der Waals surface area contributed by atoms with Gasteiger partial charge in [0, 0.05) is 18.2 Å². The van der Waals surface area contributed by atoms with Gasteiger partial charge in [-0.15, -0.1) is 0 Å². The molecule has 1 saturated carbocycles. The smallest absolute Gasteiger partial charge is 0.243 e. The van der Waals surface area contributed by atoms with E-state index in [-0.39, 0.29) is 12.1 Å². The molecule has 1 aromatic carbocycles. The van der Waals surface area contributed by atoms with E-state index in [1.165, 1.54) is 31.9 Å². The van der Waals surface area contributed by atoms with Crippen molar-refractivity contribution < 1.29 is 17.9 Å². The van der Waals surface area contributed by atoms with E-state index in [0.717, 1.165) is 25.7 Å². The number of hydrogen-bond acceptors (Lipinski definition) is 4. The van der Waals surface area contributed by atoms with Crippen LogP contribution in [0.3, 0.4) is 0 Å². The second kappa shape index (κ2) is 6.32. The molecule has 2 bridgehead atoms. The highest BCUT2D eigenvalue weighted by molar-refractivity contribution is 7.89. The fourth-order valence-electron chi connectivity index (χ4n) is 4.46. The van der Waals surface area contributed by atoms with Crippen LogP contribution in [0.5, 0.6) is 11.5 Å². The quantitative estimate of drug-likeness (QED) is 0.768. The Hall–Kier alpha value is -1.53. The van der Waals surface area contributed by atoms with Crippen molar-refractivity contribution in [2.45, 2.75) is 61.9 Å². The molecule has 2 aliphatic heterocycles. The maximum atomic E-state index is 13.3. The van der Waals surface area contributed by atoms with Crippen molar-refractivity contribution in [1.82, 2.24) is 4.31 Å². The summed E-state index contributed by atoms with van der Waals surface area (Å²) in [7, 11) is -0.446. The van der Waals surface area contributed by atoms with Crippen molar-refractivity contribution in [3.63, 3.8) is 0 Å². The van der Waals surface area contributed by atoms with E-state index < -0.39 is 10.0 Å². The number of piperidine rings is 1. The normalized spacial score (nSPS) is 26.5. The van der Waals surface area contributed by atoms with Crippen molar-refractivity contribution in [2.75, 3.05) is 14.2 Å².